The predicted octanol–water partition coefficient (Wildman–Crippen LogP) is 2.68. The van der Waals surface area contributed by atoms with Gasteiger partial charge < -0.3 is 10.0 Å². The third-order valence-corrected chi connectivity index (χ3v) is 4.61. The number of aliphatic hydroxyl groups excluding tert-OH is 1. The maximum absolute atomic E-state index is 13.0. The van der Waals surface area contributed by atoms with E-state index < -0.39 is 6.10 Å². The molecule has 6 heteroatoms. The van der Waals surface area contributed by atoms with Crippen molar-refractivity contribution >= 4 is 5.91 Å². The molecule has 1 unspecified atom stereocenters. The topological polar surface area (TPSA) is 77.2 Å². The number of nitriles is 1. The molecule has 1 fully saturated rings. The van der Waals surface area contributed by atoms with Crippen molar-refractivity contribution in [2.45, 2.75) is 18.9 Å². The van der Waals surface area contributed by atoms with E-state index in [1.807, 2.05) is 6.07 Å². The summed E-state index contributed by atoms with van der Waals surface area (Å²) in [4.78, 5) is 18.1. The molecule has 2 heterocycles. The van der Waals surface area contributed by atoms with E-state index in [9.17, 15) is 14.3 Å². The SMILES string of the molecule is N#Cc1ccc(C(=O)N2CCC(C(O)c3ccc(F)cc3)CC2)cn1. The van der Waals surface area contributed by atoms with Crippen LogP contribution in [0.2, 0.25) is 0 Å². The third kappa shape index (κ3) is 3.83. The van der Waals surface area contributed by atoms with Gasteiger partial charge >= 0.3 is 0 Å². The summed E-state index contributed by atoms with van der Waals surface area (Å²) in [5, 5.41) is 19.2. The molecule has 0 spiro atoms. The van der Waals surface area contributed by atoms with E-state index in [2.05, 4.69) is 4.98 Å². The molecule has 1 aromatic heterocycles. The number of benzene rings is 1. The van der Waals surface area contributed by atoms with Gasteiger partial charge in [-0.05, 0) is 48.6 Å². The number of rotatable bonds is 3. The maximum Gasteiger partial charge on any atom is 0.255 e. The molecule has 1 aliphatic rings. The number of hydrogen-bond donors (Lipinski definition) is 1. The third-order valence-electron chi connectivity index (χ3n) is 4.61. The molecule has 128 valence electrons. The molecule has 1 aliphatic heterocycles. The van der Waals surface area contributed by atoms with Crippen molar-refractivity contribution in [3.8, 4) is 6.07 Å². The molecule has 0 saturated carbocycles. The van der Waals surface area contributed by atoms with Gasteiger partial charge in [0.05, 0.1) is 11.7 Å². The Morgan fingerprint density at radius 1 is 1.24 bits per heavy atom. The average Bonchev–Trinajstić information content (AvgIpc) is 2.67. The van der Waals surface area contributed by atoms with Gasteiger partial charge in [0.2, 0.25) is 0 Å². The molecule has 1 aromatic carbocycles. The highest BCUT2D eigenvalue weighted by atomic mass is 19.1. The number of amides is 1. The Morgan fingerprint density at radius 3 is 2.48 bits per heavy atom. The van der Waals surface area contributed by atoms with Crippen molar-refractivity contribution in [1.29, 1.82) is 5.26 Å². The summed E-state index contributed by atoms with van der Waals surface area (Å²) < 4.78 is 13.0. The Hall–Kier alpha value is -2.78. The zero-order valence-electron chi connectivity index (χ0n) is 13.6. The van der Waals surface area contributed by atoms with Gasteiger partial charge in [-0.25, -0.2) is 9.37 Å². The number of aromatic nitrogens is 1. The van der Waals surface area contributed by atoms with Crippen LogP contribution in [0.4, 0.5) is 4.39 Å². The Kier molecular flexibility index (Phi) is 5.05. The van der Waals surface area contributed by atoms with Crippen LogP contribution >= 0.6 is 0 Å². The first kappa shape index (κ1) is 17.1. The lowest BCUT2D eigenvalue weighted by Gasteiger charge is -2.34. The molecule has 1 saturated heterocycles. The number of piperidine rings is 1. The van der Waals surface area contributed by atoms with Crippen LogP contribution in [-0.2, 0) is 0 Å². The zero-order valence-corrected chi connectivity index (χ0v) is 13.6. The quantitative estimate of drug-likeness (QED) is 0.933. The van der Waals surface area contributed by atoms with Gasteiger partial charge in [0.1, 0.15) is 17.6 Å². The predicted molar refractivity (Wildman–Crippen MR) is 88.9 cm³/mol. The number of carbonyl (C=O) groups excluding carboxylic acids is 1. The molecule has 0 radical (unpaired) electrons. The number of pyridine rings is 1. The molecule has 2 aromatic rings. The van der Waals surface area contributed by atoms with E-state index in [1.54, 1.807) is 23.1 Å². The van der Waals surface area contributed by atoms with E-state index in [-0.39, 0.29) is 23.3 Å². The van der Waals surface area contributed by atoms with Crippen LogP contribution in [0, 0.1) is 23.1 Å². The lowest BCUT2D eigenvalue weighted by Crippen LogP contribution is -2.39. The standard InChI is InChI=1S/C19H18FN3O2/c20-16-4-1-13(2-5-16)18(24)14-7-9-23(10-8-14)19(25)15-3-6-17(11-21)22-12-15/h1-6,12,14,18,24H,7-10H2. The second-order valence-electron chi connectivity index (χ2n) is 6.17. The smallest absolute Gasteiger partial charge is 0.255 e. The van der Waals surface area contributed by atoms with Crippen LogP contribution in [-0.4, -0.2) is 34.0 Å². The van der Waals surface area contributed by atoms with Crippen LogP contribution in [0.5, 0.6) is 0 Å². The van der Waals surface area contributed by atoms with Crippen LogP contribution < -0.4 is 0 Å². The second-order valence-corrected chi connectivity index (χ2v) is 6.17. The van der Waals surface area contributed by atoms with E-state index in [4.69, 9.17) is 5.26 Å². The average molecular weight is 339 g/mol. The van der Waals surface area contributed by atoms with Crippen LogP contribution in [0.25, 0.3) is 0 Å². The van der Waals surface area contributed by atoms with Gasteiger partial charge in [-0.1, -0.05) is 12.1 Å². The first-order chi connectivity index (χ1) is 12.1. The molecule has 1 N–H and O–H groups in total. The Bertz CT molecular complexity index is 776. The Morgan fingerprint density at radius 2 is 1.92 bits per heavy atom. The monoisotopic (exact) mass is 339 g/mol. The van der Waals surface area contributed by atoms with Crippen LogP contribution in [0.3, 0.4) is 0 Å². The molecule has 3 rings (SSSR count). The summed E-state index contributed by atoms with van der Waals surface area (Å²) in [6, 6.07) is 10.9. The Labute approximate surface area is 145 Å². The summed E-state index contributed by atoms with van der Waals surface area (Å²) >= 11 is 0. The van der Waals surface area contributed by atoms with Crippen molar-refractivity contribution in [3.63, 3.8) is 0 Å². The van der Waals surface area contributed by atoms with Crippen molar-refractivity contribution in [2.75, 3.05) is 13.1 Å². The van der Waals surface area contributed by atoms with Gasteiger partial charge in [-0.3, -0.25) is 4.79 Å². The molecular weight excluding hydrogens is 321 g/mol. The highest BCUT2D eigenvalue weighted by Gasteiger charge is 2.28. The molecule has 25 heavy (non-hydrogen) atoms. The number of hydrogen-bond acceptors (Lipinski definition) is 4. The summed E-state index contributed by atoms with van der Waals surface area (Å²) in [6.07, 6.45) is 2.11. The number of halogens is 1. The van der Waals surface area contributed by atoms with Gasteiger partial charge in [-0.15, -0.1) is 0 Å². The van der Waals surface area contributed by atoms with Gasteiger partial charge in [0.15, 0.2) is 0 Å². The molecule has 1 atom stereocenters. The van der Waals surface area contributed by atoms with Crippen LogP contribution in [0.1, 0.15) is 40.6 Å². The van der Waals surface area contributed by atoms with Gasteiger partial charge in [-0.2, -0.15) is 5.26 Å². The van der Waals surface area contributed by atoms with E-state index in [0.717, 1.165) is 0 Å². The van der Waals surface area contributed by atoms with Crippen molar-refractivity contribution < 1.29 is 14.3 Å². The van der Waals surface area contributed by atoms with Gasteiger partial charge in [0.25, 0.3) is 5.91 Å². The largest absolute Gasteiger partial charge is 0.388 e. The first-order valence-corrected chi connectivity index (χ1v) is 8.17. The Balaban J connectivity index is 1.60. The lowest BCUT2D eigenvalue weighted by molar-refractivity contribution is 0.0462. The second kappa shape index (κ2) is 7.41. The van der Waals surface area contributed by atoms with Crippen molar-refractivity contribution in [3.05, 3.63) is 65.2 Å². The number of aliphatic hydroxyl groups is 1. The summed E-state index contributed by atoms with van der Waals surface area (Å²) in [6.45, 7) is 1.09. The fraction of sp³-hybridized carbons (Fsp3) is 0.316. The zero-order chi connectivity index (χ0) is 17.8. The minimum absolute atomic E-state index is 0.0357. The van der Waals surface area contributed by atoms with Crippen molar-refractivity contribution in [1.82, 2.24) is 9.88 Å². The minimum atomic E-state index is -0.658. The summed E-state index contributed by atoms with van der Waals surface area (Å²) in [5.41, 5.74) is 1.43. The lowest BCUT2D eigenvalue weighted by atomic mass is 9.87. The normalized spacial score (nSPS) is 16.3. The highest BCUT2D eigenvalue weighted by molar-refractivity contribution is 5.94. The molecular formula is C19H18FN3O2. The van der Waals surface area contributed by atoms with E-state index >= 15 is 0 Å². The fourth-order valence-corrected chi connectivity index (χ4v) is 3.12. The first-order valence-electron chi connectivity index (χ1n) is 8.17. The van der Waals surface area contributed by atoms with E-state index in [0.29, 0.717) is 37.1 Å². The summed E-state index contributed by atoms with van der Waals surface area (Å²) in [5.74, 6) is -0.410. The highest BCUT2D eigenvalue weighted by Crippen LogP contribution is 2.31. The van der Waals surface area contributed by atoms with Gasteiger partial charge in [0, 0.05) is 19.3 Å². The number of nitrogens with zero attached hydrogens (tertiary/aromatic N) is 3. The number of likely N-dealkylation sites (tertiary alicyclic amines) is 1. The molecule has 5 nitrogen and oxygen atoms in total. The fourth-order valence-electron chi connectivity index (χ4n) is 3.12. The summed E-state index contributed by atoms with van der Waals surface area (Å²) in [7, 11) is 0. The minimum Gasteiger partial charge on any atom is -0.388 e. The van der Waals surface area contributed by atoms with E-state index in [1.165, 1.54) is 24.4 Å². The molecule has 0 aliphatic carbocycles. The maximum atomic E-state index is 13.0. The number of carbonyl (C=O) groups is 1. The van der Waals surface area contributed by atoms with Crippen molar-refractivity contribution in [2.24, 2.45) is 5.92 Å². The molecule has 1 amide bonds. The molecule has 0 bridgehead atoms. The van der Waals surface area contributed by atoms with Crippen LogP contribution in [0.15, 0.2) is 42.6 Å².